The number of anilines is 1. The van der Waals surface area contributed by atoms with Crippen LogP contribution in [0.1, 0.15) is 41.7 Å². The molecule has 3 aromatic rings. The Balaban J connectivity index is 1.64. The molecule has 0 radical (unpaired) electrons. The molecule has 1 amide bonds. The number of halogens is 1. The van der Waals surface area contributed by atoms with E-state index in [1.165, 1.54) is 12.1 Å². The average molecular weight is 449 g/mol. The number of nitrogen functional groups attached to an aromatic ring is 1. The first-order valence-corrected chi connectivity index (χ1v) is 10.7. The lowest BCUT2D eigenvalue weighted by molar-refractivity contribution is 0.100. The largest absolute Gasteiger partial charge is 0.457 e. The number of benzene rings is 2. The molecule has 9 heteroatoms. The molecule has 0 bridgehead atoms. The number of nitrogens with two attached hydrogens (primary N) is 2. The van der Waals surface area contributed by atoms with Crippen molar-refractivity contribution >= 4 is 11.7 Å². The molecule has 0 saturated carbocycles. The third-order valence-corrected chi connectivity index (χ3v) is 6.02. The van der Waals surface area contributed by atoms with Crippen molar-refractivity contribution in [2.75, 3.05) is 12.3 Å². The SMILES string of the molecule is Cc1cc(F)ccc1Oc1ccc(-c2nn(C3CCC(C)N(C#N)C3)c(N)c2C(N)=O)cc1. The van der Waals surface area contributed by atoms with Crippen LogP contribution in [-0.2, 0) is 0 Å². The van der Waals surface area contributed by atoms with Crippen molar-refractivity contribution in [2.24, 2.45) is 5.73 Å². The second kappa shape index (κ2) is 8.82. The zero-order chi connectivity index (χ0) is 23.7. The number of hydrogen-bond donors (Lipinski definition) is 2. The molecule has 33 heavy (non-hydrogen) atoms. The molecule has 1 aliphatic rings. The number of carbonyl (C=O) groups excluding carboxylic acids is 1. The van der Waals surface area contributed by atoms with Gasteiger partial charge >= 0.3 is 0 Å². The minimum absolute atomic E-state index is 0.142. The number of piperidine rings is 1. The Hall–Kier alpha value is -4.06. The Labute approximate surface area is 191 Å². The molecular weight excluding hydrogens is 423 g/mol. The number of aryl methyl sites for hydroxylation is 1. The zero-order valence-corrected chi connectivity index (χ0v) is 18.5. The molecule has 1 saturated heterocycles. The van der Waals surface area contributed by atoms with E-state index >= 15 is 0 Å². The molecule has 1 fully saturated rings. The van der Waals surface area contributed by atoms with Crippen molar-refractivity contribution in [1.29, 1.82) is 5.26 Å². The van der Waals surface area contributed by atoms with E-state index in [0.29, 0.717) is 34.9 Å². The predicted molar refractivity (Wildman–Crippen MR) is 122 cm³/mol. The molecule has 2 heterocycles. The maximum atomic E-state index is 13.3. The van der Waals surface area contributed by atoms with Crippen LogP contribution in [0.15, 0.2) is 42.5 Å². The van der Waals surface area contributed by atoms with Crippen molar-refractivity contribution in [3.8, 4) is 28.9 Å². The topological polar surface area (TPSA) is 123 Å². The van der Waals surface area contributed by atoms with E-state index in [1.54, 1.807) is 46.8 Å². The van der Waals surface area contributed by atoms with E-state index < -0.39 is 5.91 Å². The number of hydrogen-bond acceptors (Lipinski definition) is 6. The van der Waals surface area contributed by atoms with Gasteiger partial charge in [0.25, 0.3) is 5.91 Å². The Kier molecular flexibility index (Phi) is 5.92. The standard InChI is InChI=1S/C24H25FN6O2/c1-14-11-17(25)6-10-20(14)33-19-8-4-16(5-9-19)22-21(24(28)32)23(27)31(29-22)18-7-3-15(2)30(12-18)13-26/h4-6,8-11,15,18H,3,7,12,27H2,1-2H3,(H2,28,32). The van der Waals surface area contributed by atoms with Crippen molar-refractivity contribution in [3.63, 3.8) is 0 Å². The summed E-state index contributed by atoms with van der Waals surface area (Å²) in [6.07, 6.45) is 3.80. The molecule has 4 rings (SSSR count). The van der Waals surface area contributed by atoms with Gasteiger partial charge in [-0.15, -0.1) is 0 Å². The molecule has 2 atom stereocenters. The Morgan fingerprint density at radius 3 is 2.61 bits per heavy atom. The fraction of sp³-hybridized carbons (Fsp3) is 0.292. The highest BCUT2D eigenvalue weighted by Gasteiger charge is 2.30. The summed E-state index contributed by atoms with van der Waals surface area (Å²) in [5.74, 6) is 0.290. The minimum atomic E-state index is -0.669. The summed E-state index contributed by atoms with van der Waals surface area (Å²) < 4.78 is 20.8. The molecule has 1 aliphatic heterocycles. The fourth-order valence-electron chi connectivity index (χ4n) is 4.13. The van der Waals surface area contributed by atoms with E-state index in [0.717, 1.165) is 12.8 Å². The minimum Gasteiger partial charge on any atom is -0.457 e. The number of nitrogens with zero attached hydrogens (tertiary/aromatic N) is 4. The van der Waals surface area contributed by atoms with Crippen molar-refractivity contribution < 1.29 is 13.9 Å². The van der Waals surface area contributed by atoms with Gasteiger partial charge in [-0.1, -0.05) is 0 Å². The second-order valence-corrected chi connectivity index (χ2v) is 8.29. The lowest BCUT2D eigenvalue weighted by atomic mass is 10.00. The van der Waals surface area contributed by atoms with Gasteiger partial charge in [0.15, 0.2) is 6.19 Å². The quantitative estimate of drug-likeness (QED) is 0.569. The van der Waals surface area contributed by atoms with Gasteiger partial charge < -0.3 is 21.1 Å². The summed E-state index contributed by atoms with van der Waals surface area (Å²) in [7, 11) is 0. The molecule has 0 aliphatic carbocycles. The van der Waals surface area contributed by atoms with Gasteiger partial charge in [-0.3, -0.25) is 4.79 Å². The molecule has 1 aromatic heterocycles. The van der Waals surface area contributed by atoms with Crippen molar-refractivity contribution in [1.82, 2.24) is 14.7 Å². The number of ether oxygens (including phenoxy) is 1. The van der Waals surface area contributed by atoms with Crippen LogP contribution < -0.4 is 16.2 Å². The third kappa shape index (κ3) is 4.32. The van der Waals surface area contributed by atoms with E-state index in [9.17, 15) is 14.4 Å². The van der Waals surface area contributed by atoms with Gasteiger partial charge in [-0.2, -0.15) is 10.4 Å². The number of carbonyl (C=O) groups is 1. The number of aromatic nitrogens is 2. The molecular formula is C24H25FN6O2. The third-order valence-electron chi connectivity index (χ3n) is 6.02. The number of amides is 1. The highest BCUT2D eigenvalue weighted by atomic mass is 19.1. The van der Waals surface area contributed by atoms with E-state index in [2.05, 4.69) is 11.3 Å². The van der Waals surface area contributed by atoms with Crippen molar-refractivity contribution in [2.45, 2.75) is 38.8 Å². The summed E-state index contributed by atoms with van der Waals surface area (Å²) in [6.45, 7) is 4.23. The van der Waals surface area contributed by atoms with Gasteiger partial charge in [-0.25, -0.2) is 9.07 Å². The predicted octanol–water partition coefficient (Wildman–Crippen LogP) is 3.98. The monoisotopic (exact) mass is 448 g/mol. The van der Waals surface area contributed by atoms with E-state index in [4.69, 9.17) is 16.2 Å². The van der Waals surface area contributed by atoms with E-state index in [1.807, 2.05) is 6.92 Å². The van der Waals surface area contributed by atoms with Crippen molar-refractivity contribution in [3.05, 3.63) is 59.4 Å². The second-order valence-electron chi connectivity index (χ2n) is 8.29. The summed E-state index contributed by atoms with van der Waals surface area (Å²) >= 11 is 0. The van der Waals surface area contributed by atoms with Crippen LogP contribution in [0.4, 0.5) is 10.2 Å². The number of rotatable bonds is 5. The lowest BCUT2D eigenvalue weighted by Gasteiger charge is -2.34. The van der Waals surface area contributed by atoms with Gasteiger partial charge in [0, 0.05) is 11.6 Å². The summed E-state index contributed by atoms with van der Waals surface area (Å²) in [5.41, 5.74) is 13.8. The maximum Gasteiger partial charge on any atom is 0.254 e. The molecule has 2 aromatic carbocycles. The van der Waals surface area contributed by atoms with Crippen LogP contribution in [0.25, 0.3) is 11.3 Å². The van der Waals surface area contributed by atoms with Gasteiger partial charge in [0.1, 0.15) is 34.4 Å². The van der Waals surface area contributed by atoms with Crippen LogP contribution >= 0.6 is 0 Å². The molecule has 170 valence electrons. The van der Waals surface area contributed by atoms with Gasteiger partial charge in [0.05, 0.1) is 12.6 Å². The van der Waals surface area contributed by atoms with E-state index in [-0.39, 0.29) is 29.3 Å². The van der Waals surface area contributed by atoms with Gasteiger partial charge in [0.2, 0.25) is 0 Å². The first-order valence-electron chi connectivity index (χ1n) is 10.7. The highest BCUT2D eigenvalue weighted by molar-refractivity contribution is 6.03. The molecule has 4 N–H and O–H groups in total. The number of likely N-dealkylation sites (tertiary alicyclic amines) is 1. The number of nitriles is 1. The summed E-state index contributed by atoms with van der Waals surface area (Å²) in [6, 6.07) is 11.3. The lowest BCUT2D eigenvalue weighted by Crippen LogP contribution is -2.39. The van der Waals surface area contributed by atoms with Crippen LogP contribution in [0.2, 0.25) is 0 Å². The Bertz CT molecular complexity index is 1230. The molecule has 8 nitrogen and oxygen atoms in total. The van der Waals surface area contributed by atoms with Crippen LogP contribution in [-0.4, -0.2) is 33.2 Å². The smallest absolute Gasteiger partial charge is 0.254 e. The highest BCUT2D eigenvalue weighted by Crippen LogP contribution is 2.34. The van der Waals surface area contributed by atoms with Crippen LogP contribution in [0.3, 0.4) is 0 Å². The normalized spacial score (nSPS) is 18.1. The average Bonchev–Trinajstić information content (AvgIpc) is 3.14. The number of primary amides is 1. The van der Waals surface area contributed by atoms with Crippen LogP contribution in [0, 0.1) is 24.2 Å². The molecule has 0 spiro atoms. The first kappa shape index (κ1) is 22.1. The van der Waals surface area contributed by atoms with Crippen LogP contribution in [0.5, 0.6) is 11.5 Å². The van der Waals surface area contributed by atoms with Gasteiger partial charge in [-0.05, 0) is 74.7 Å². The fourth-order valence-corrected chi connectivity index (χ4v) is 4.13. The Morgan fingerprint density at radius 1 is 1.24 bits per heavy atom. The molecule has 2 unspecified atom stereocenters. The zero-order valence-electron chi connectivity index (χ0n) is 18.5. The maximum absolute atomic E-state index is 13.3. The first-order chi connectivity index (χ1) is 15.8. The summed E-state index contributed by atoms with van der Waals surface area (Å²) in [4.78, 5) is 13.9. The Morgan fingerprint density at radius 2 is 1.97 bits per heavy atom. The summed E-state index contributed by atoms with van der Waals surface area (Å²) in [5, 5.41) is 14.0.